The van der Waals surface area contributed by atoms with Crippen LogP contribution in [0, 0.1) is 24.7 Å². The molecule has 1 amide bonds. The predicted molar refractivity (Wildman–Crippen MR) is 107 cm³/mol. The summed E-state index contributed by atoms with van der Waals surface area (Å²) in [5.41, 5.74) is 16.3. The smallest absolute Gasteiger partial charge is 0.228 e. The van der Waals surface area contributed by atoms with E-state index in [1.807, 2.05) is 25.1 Å². The molecule has 0 radical (unpaired) electrons. The Kier molecular flexibility index (Phi) is 4.90. The van der Waals surface area contributed by atoms with Crippen molar-refractivity contribution in [1.82, 2.24) is 9.97 Å². The quantitative estimate of drug-likeness (QED) is 0.614. The van der Waals surface area contributed by atoms with Gasteiger partial charge < -0.3 is 16.8 Å². The number of hydrogen-bond donors (Lipinski definition) is 3. The molecular formula is C20H20N6O. The summed E-state index contributed by atoms with van der Waals surface area (Å²) in [7, 11) is 0. The molecule has 1 aromatic carbocycles. The zero-order valence-corrected chi connectivity index (χ0v) is 14.9. The van der Waals surface area contributed by atoms with E-state index in [9.17, 15) is 4.79 Å². The number of carbonyl (C=O) groups is 1. The molecule has 2 aromatic heterocycles. The highest BCUT2D eigenvalue weighted by atomic mass is 16.2. The third-order valence-corrected chi connectivity index (χ3v) is 4.63. The molecule has 0 bridgehead atoms. The average Bonchev–Trinajstić information content (AvgIpc) is 3.50. The Morgan fingerprint density at radius 3 is 2.59 bits per heavy atom. The van der Waals surface area contributed by atoms with Crippen LogP contribution in [0.1, 0.15) is 18.4 Å². The number of nitrogens with zero attached hydrogens (tertiary/aromatic N) is 3. The number of pyridine rings is 2. The zero-order valence-electron chi connectivity index (χ0n) is 14.9. The van der Waals surface area contributed by atoms with Gasteiger partial charge in [0.15, 0.2) is 0 Å². The van der Waals surface area contributed by atoms with Crippen LogP contribution in [-0.2, 0) is 4.79 Å². The van der Waals surface area contributed by atoms with Gasteiger partial charge in [-0.3, -0.25) is 9.78 Å². The molecule has 0 atom stereocenters. The number of rotatable bonds is 3. The van der Waals surface area contributed by atoms with Crippen molar-refractivity contribution in [3.63, 3.8) is 0 Å². The first kappa shape index (κ1) is 18.1. The number of nitriles is 1. The third kappa shape index (κ3) is 3.65. The fourth-order valence-corrected chi connectivity index (χ4v) is 2.92. The standard InChI is InChI=1S/C19H19N5O.CHN/c1-10-14(7-22-9-17(10)21)12-4-13-6-18(24-19(25)11-2-3-11)23-8-15(13)16(20)5-12;1-2/h4-9,11H,2-3,20-21H2,1H3,(H,23,24,25);1H. The van der Waals surface area contributed by atoms with E-state index < -0.39 is 0 Å². The first-order valence-corrected chi connectivity index (χ1v) is 8.49. The minimum absolute atomic E-state index is 0.0341. The lowest BCUT2D eigenvalue weighted by atomic mass is 9.98. The lowest BCUT2D eigenvalue weighted by molar-refractivity contribution is -0.117. The fourth-order valence-electron chi connectivity index (χ4n) is 2.92. The van der Waals surface area contributed by atoms with Gasteiger partial charge in [0.1, 0.15) is 5.82 Å². The van der Waals surface area contributed by atoms with Gasteiger partial charge in [-0.1, -0.05) is 0 Å². The maximum Gasteiger partial charge on any atom is 0.228 e. The van der Waals surface area contributed by atoms with E-state index in [4.69, 9.17) is 16.7 Å². The second-order valence-corrected chi connectivity index (χ2v) is 6.52. The molecule has 0 aliphatic heterocycles. The van der Waals surface area contributed by atoms with Gasteiger partial charge in [0.2, 0.25) is 5.91 Å². The summed E-state index contributed by atoms with van der Waals surface area (Å²) < 4.78 is 0. The number of carbonyl (C=O) groups excluding carboxylic acids is 1. The lowest BCUT2D eigenvalue weighted by Gasteiger charge is -2.12. The predicted octanol–water partition coefficient (Wildman–Crippen LogP) is 3.26. The number of amides is 1. The van der Waals surface area contributed by atoms with E-state index in [2.05, 4.69) is 21.9 Å². The topological polar surface area (TPSA) is 131 Å². The van der Waals surface area contributed by atoms with Crippen LogP contribution in [0.25, 0.3) is 21.9 Å². The van der Waals surface area contributed by atoms with E-state index in [0.29, 0.717) is 17.2 Å². The van der Waals surface area contributed by atoms with E-state index in [-0.39, 0.29) is 11.8 Å². The molecule has 136 valence electrons. The summed E-state index contributed by atoms with van der Waals surface area (Å²) in [5.74, 6) is 0.713. The largest absolute Gasteiger partial charge is 0.398 e. The van der Waals surface area contributed by atoms with Crippen LogP contribution < -0.4 is 16.8 Å². The monoisotopic (exact) mass is 360 g/mol. The fraction of sp³-hybridized carbons (Fsp3) is 0.200. The van der Waals surface area contributed by atoms with Crippen LogP contribution in [0.5, 0.6) is 0 Å². The summed E-state index contributed by atoms with van der Waals surface area (Å²) in [4.78, 5) is 20.4. The molecule has 2 heterocycles. The second kappa shape index (κ2) is 7.30. The molecule has 0 saturated heterocycles. The summed E-state index contributed by atoms with van der Waals surface area (Å²) in [6.07, 6.45) is 7.03. The van der Waals surface area contributed by atoms with Crippen molar-refractivity contribution in [3.8, 4) is 17.7 Å². The maximum atomic E-state index is 12.0. The number of anilines is 3. The van der Waals surface area contributed by atoms with Crippen molar-refractivity contribution in [2.45, 2.75) is 19.8 Å². The Morgan fingerprint density at radius 1 is 1.15 bits per heavy atom. The second-order valence-electron chi connectivity index (χ2n) is 6.52. The number of aromatic nitrogens is 2. The molecule has 0 unspecified atom stereocenters. The molecule has 27 heavy (non-hydrogen) atoms. The van der Waals surface area contributed by atoms with Crippen molar-refractivity contribution >= 4 is 33.9 Å². The Bertz CT molecular complexity index is 1040. The number of hydrogen-bond acceptors (Lipinski definition) is 6. The van der Waals surface area contributed by atoms with Gasteiger partial charge >= 0.3 is 0 Å². The van der Waals surface area contributed by atoms with Crippen molar-refractivity contribution in [2.75, 3.05) is 16.8 Å². The summed E-state index contributed by atoms with van der Waals surface area (Å²) in [6, 6.07) is 5.77. The normalized spacial score (nSPS) is 12.9. The van der Waals surface area contributed by atoms with Crippen molar-refractivity contribution in [2.24, 2.45) is 5.92 Å². The Morgan fingerprint density at radius 2 is 1.89 bits per heavy atom. The molecule has 1 aliphatic carbocycles. The van der Waals surface area contributed by atoms with Gasteiger partial charge in [-0.25, -0.2) is 10.2 Å². The van der Waals surface area contributed by atoms with Gasteiger partial charge in [-0.2, -0.15) is 0 Å². The van der Waals surface area contributed by atoms with Gasteiger partial charge in [-0.05, 0) is 54.5 Å². The van der Waals surface area contributed by atoms with Crippen LogP contribution in [0.15, 0.2) is 36.8 Å². The average molecular weight is 360 g/mol. The lowest BCUT2D eigenvalue weighted by Crippen LogP contribution is -2.14. The molecule has 1 aliphatic rings. The molecule has 0 spiro atoms. The highest BCUT2D eigenvalue weighted by Gasteiger charge is 2.29. The number of nitrogens with two attached hydrogens (primary N) is 2. The van der Waals surface area contributed by atoms with Crippen molar-refractivity contribution in [1.29, 1.82) is 5.26 Å². The van der Waals surface area contributed by atoms with Crippen LogP contribution in [-0.4, -0.2) is 15.9 Å². The first-order chi connectivity index (χ1) is 13.0. The number of fused-ring (bicyclic) bond motifs is 1. The van der Waals surface area contributed by atoms with Crippen LogP contribution in [0.2, 0.25) is 0 Å². The molecule has 3 aromatic rings. The maximum absolute atomic E-state index is 12.0. The third-order valence-electron chi connectivity index (χ3n) is 4.63. The minimum atomic E-state index is 0.0341. The van der Waals surface area contributed by atoms with Crippen molar-refractivity contribution in [3.05, 3.63) is 42.4 Å². The number of nitrogen functional groups attached to an aromatic ring is 2. The SMILES string of the molecule is C#N.Cc1c(N)cncc1-c1cc(N)c2cnc(NC(=O)C3CC3)cc2c1. The highest BCUT2D eigenvalue weighted by Crippen LogP contribution is 2.33. The molecule has 1 saturated carbocycles. The van der Waals surface area contributed by atoms with Gasteiger partial charge in [0.25, 0.3) is 0 Å². The molecular weight excluding hydrogens is 340 g/mol. The summed E-state index contributed by atoms with van der Waals surface area (Å²) in [6.45, 7) is 5.46. The Balaban J connectivity index is 0.00000102. The molecule has 1 fully saturated rings. The van der Waals surface area contributed by atoms with Crippen LogP contribution in [0.3, 0.4) is 0 Å². The highest BCUT2D eigenvalue weighted by molar-refractivity contribution is 6.00. The molecule has 7 heteroatoms. The molecule has 7 nitrogen and oxygen atoms in total. The van der Waals surface area contributed by atoms with E-state index in [1.165, 1.54) is 0 Å². The molecule has 5 N–H and O–H groups in total. The van der Waals surface area contributed by atoms with E-state index in [1.54, 1.807) is 18.6 Å². The van der Waals surface area contributed by atoms with E-state index in [0.717, 1.165) is 40.3 Å². The minimum Gasteiger partial charge on any atom is -0.398 e. The van der Waals surface area contributed by atoms with Crippen LogP contribution in [0.4, 0.5) is 17.2 Å². The Labute approximate surface area is 157 Å². The molecule has 4 rings (SSSR count). The Hall–Kier alpha value is -3.66. The summed E-state index contributed by atoms with van der Waals surface area (Å²) in [5, 5.41) is 11.1. The first-order valence-electron chi connectivity index (χ1n) is 8.49. The van der Waals surface area contributed by atoms with Gasteiger partial charge in [0, 0.05) is 41.5 Å². The van der Waals surface area contributed by atoms with Gasteiger partial charge in [0.05, 0.1) is 11.9 Å². The number of nitrogens with one attached hydrogen (secondary N) is 1. The van der Waals surface area contributed by atoms with E-state index >= 15 is 0 Å². The van der Waals surface area contributed by atoms with Gasteiger partial charge in [-0.15, -0.1) is 0 Å². The van der Waals surface area contributed by atoms with Crippen LogP contribution >= 0.6 is 0 Å². The zero-order chi connectivity index (χ0) is 19.6. The summed E-state index contributed by atoms with van der Waals surface area (Å²) >= 11 is 0. The van der Waals surface area contributed by atoms with Crippen molar-refractivity contribution < 1.29 is 4.79 Å². The number of benzene rings is 1.